The highest BCUT2D eigenvalue weighted by atomic mass is 16.5. The van der Waals surface area contributed by atoms with Crippen molar-refractivity contribution in [2.75, 3.05) is 13.2 Å². The second-order valence-corrected chi connectivity index (χ2v) is 6.51. The van der Waals surface area contributed by atoms with E-state index in [0.717, 1.165) is 0 Å². The average Bonchev–Trinajstić information content (AvgIpc) is 2.93. The van der Waals surface area contributed by atoms with Crippen LogP contribution in [-0.4, -0.2) is 39.8 Å². The number of nitrogens with one attached hydrogen (secondary N) is 1. The van der Waals surface area contributed by atoms with Gasteiger partial charge < -0.3 is 10.1 Å². The number of aryl methyl sites for hydroxylation is 1. The Bertz CT molecular complexity index is 750. The number of fused-ring (bicyclic) bond motifs is 1. The van der Waals surface area contributed by atoms with E-state index in [2.05, 4.69) is 15.4 Å². The lowest BCUT2D eigenvalue weighted by Crippen LogP contribution is -2.31. The molecule has 0 atom stereocenters. The van der Waals surface area contributed by atoms with Crippen LogP contribution in [0.1, 0.15) is 49.8 Å². The van der Waals surface area contributed by atoms with Crippen molar-refractivity contribution in [2.24, 2.45) is 5.92 Å². The molecule has 2 aromatic heterocycles. The summed E-state index contributed by atoms with van der Waals surface area (Å²) in [7, 11) is 0. The molecule has 2 aromatic rings. The molecule has 0 unspecified atom stereocenters. The van der Waals surface area contributed by atoms with Crippen LogP contribution in [0.5, 0.6) is 0 Å². The number of hydrogen-bond donors (Lipinski definition) is 1. The van der Waals surface area contributed by atoms with Crippen molar-refractivity contribution < 1.29 is 14.3 Å². The largest absolute Gasteiger partial charge is 0.452 e. The van der Waals surface area contributed by atoms with Crippen molar-refractivity contribution in [3.05, 3.63) is 23.5 Å². The summed E-state index contributed by atoms with van der Waals surface area (Å²) >= 11 is 0. The maximum atomic E-state index is 12.4. The number of esters is 1. The highest BCUT2D eigenvalue weighted by molar-refractivity contribution is 6.03. The third kappa shape index (κ3) is 4.10. The van der Waals surface area contributed by atoms with E-state index in [1.165, 1.54) is 0 Å². The normalized spacial score (nSPS) is 11.3. The van der Waals surface area contributed by atoms with Gasteiger partial charge in [0.1, 0.15) is 0 Å². The minimum atomic E-state index is -0.548. The fourth-order valence-electron chi connectivity index (χ4n) is 2.27. The second-order valence-electron chi connectivity index (χ2n) is 6.51. The van der Waals surface area contributed by atoms with Gasteiger partial charge in [0.25, 0.3) is 5.91 Å². The van der Waals surface area contributed by atoms with Crippen molar-refractivity contribution >= 4 is 22.9 Å². The molecule has 0 saturated heterocycles. The zero-order chi connectivity index (χ0) is 17.9. The molecule has 24 heavy (non-hydrogen) atoms. The van der Waals surface area contributed by atoms with Crippen LogP contribution >= 0.6 is 0 Å². The number of amides is 1. The summed E-state index contributed by atoms with van der Waals surface area (Å²) in [4.78, 5) is 28.5. The zero-order valence-electron chi connectivity index (χ0n) is 14.8. The Morgan fingerprint density at radius 3 is 2.62 bits per heavy atom. The van der Waals surface area contributed by atoms with Gasteiger partial charge in [-0.3, -0.25) is 4.79 Å². The van der Waals surface area contributed by atoms with Gasteiger partial charge in [-0.05, 0) is 32.8 Å². The highest BCUT2D eigenvalue weighted by Gasteiger charge is 2.18. The molecule has 0 aliphatic heterocycles. The Morgan fingerprint density at radius 2 is 2.00 bits per heavy atom. The van der Waals surface area contributed by atoms with E-state index < -0.39 is 5.97 Å². The summed E-state index contributed by atoms with van der Waals surface area (Å²) in [6.07, 6.45) is 1.61. The lowest BCUT2D eigenvalue weighted by Gasteiger charge is -2.10. The summed E-state index contributed by atoms with van der Waals surface area (Å²) in [6, 6.07) is 1.78. The molecule has 1 amide bonds. The molecule has 0 fully saturated rings. The molecular weight excluding hydrogens is 308 g/mol. The van der Waals surface area contributed by atoms with Gasteiger partial charge >= 0.3 is 5.97 Å². The first-order chi connectivity index (χ1) is 11.3. The molecule has 0 aliphatic carbocycles. The number of rotatable bonds is 6. The van der Waals surface area contributed by atoms with E-state index in [1.54, 1.807) is 16.9 Å². The molecule has 0 spiro atoms. The first-order valence-electron chi connectivity index (χ1n) is 8.08. The van der Waals surface area contributed by atoms with Gasteiger partial charge in [-0.15, -0.1) is 0 Å². The van der Waals surface area contributed by atoms with Crippen molar-refractivity contribution in [3.8, 4) is 0 Å². The Morgan fingerprint density at radius 1 is 1.29 bits per heavy atom. The summed E-state index contributed by atoms with van der Waals surface area (Å²) in [5, 5.41) is 7.63. The topological polar surface area (TPSA) is 86.1 Å². The maximum Gasteiger partial charge on any atom is 0.339 e. The predicted octanol–water partition coefficient (Wildman–Crippen LogP) is 2.25. The van der Waals surface area contributed by atoms with E-state index in [-0.39, 0.29) is 18.6 Å². The SMILES string of the molecule is Cc1cc(C(=O)OCC(=O)NCC(C)C)c2cnn(C(C)C)c2n1. The van der Waals surface area contributed by atoms with Crippen LogP contribution in [0.15, 0.2) is 12.3 Å². The molecule has 7 heteroatoms. The summed E-state index contributed by atoms with van der Waals surface area (Å²) < 4.78 is 6.90. The van der Waals surface area contributed by atoms with Crippen LogP contribution in [0.3, 0.4) is 0 Å². The van der Waals surface area contributed by atoms with Gasteiger partial charge in [-0.1, -0.05) is 13.8 Å². The first-order valence-corrected chi connectivity index (χ1v) is 8.08. The Hall–Kier alpha value is -2.44. The van der Waals surface area contributed by atoms with Gasteiger partial charge in [0, 0.05) is 18.3 Å². The molecule has 130 valence electrons. The average molecular weight is 332 g/mol. The molecule has 0 saturated carbocycles. The van der Waals surface area contributed by atoms with Crippen LogP contribution in [0.2, 0.25) is 0 Å². The molecule has 0 radical (unpaired) electrons. The number of carbonyl (C=O) groups excluding carboxylic acids is 2. The van der Waals surface area contributed by atoms with E-state index >= 15 is 0 Å². The van der Waals surface area contributed by atoms with Gasteiger partial charge in [-0.2, -0.15) is 5.10 Å². The molecule has 0 aliphatic rings. The van der Waals surface area contributed by atoms with Crippen LogP contribution < -0.4 is 5.32 Å². The third-order valence-corrected chi connectivity index (χ3v) is 3.45. The number of carbonyl (C=O) groups is 2. The van der Waals surface area contributed by atoms with E-state index in [0.29, 0.717) is 34.8 Å². The Kier molecular flexibility index (Phi) is 5.54. The number of aromatic nitrogens is 3. The highest BCUT2D eigenvalue weighted by Crippen LogP contribution is 2.21. The molecule has 2 heterocycles. The van der Waals surface area contributed by atoms with Crippen LogP contribution in [0, 0.1) is 12.8 Å². The van der Waals surface area contributed by atoms with Gasteiger partial charge in [-0.25, -0.2) is 14.5 Å². The molecule has 1 N–H and O–H groups in total. The zero-order valence-corrected chi connectivity index (χ0v) is 14.8. The van der Waals surface area contributed by atoms with Crippen LogP contribution in [0.25, 0.3) is 11.0 Å². The third-order valence-electron chi connectivity index (χ3n) is 3.45. The number of pyridine rings is 1. The summed E-state index contributed by atoms with van der Waals surface area (Å²) in [5.41, 5.74) is 1.71. The quantitative estimate of drug-likeness (QED) is 0.820. The van der Waals surface area contributed by atoms with Crippen molar-refractivity contribution in [1.29, 1.82) is 0 Å². The fourth-order valence-corrected chi connectivity index (χ4v) is 2.27. The number of ether oxygens (including phenoxy) is 1. The first kappa shape index (κ1) is 17.9. The molecule has 0 bridgehead atoms. The van der Waals surface area contributed by atoms with Crippen molar-refractivity contribution in [2.45, 2.75) is 40.7 Å². The fraction of sp³-hybridized carbons (Fsp3) is 0.529. The smallest absolute Gasteiger partial charge is 0.339 e. The maximum absolute atomic E-state index is 12.4. The number of nitrogens with zero attached hydrogens (tertiary/aromatic N) is 3. The van der Waals surface area contributed by atoms with Crippen LogP contribution in [-0.2, 0) is 9.53 Å². The second kappa shape index (κ2) is 7.42. The van der Waals surface area contributed by atoms with Gasteiger partial charge in [0.15, 0.2) is 12.3 Å². The number of hydrogen-bond acceptors (Lipinski definition) is 5. The molecule has 7 nitrogen and oxygen atoms in total. The summed E-state index contributed by atoms with van der Waals surface area (Å²) in [6.45, 7) is 10.0. The summed E-state index contributed by atoms with van der Waals surface area (Å²) in [5.74, 6) is -0.514. The van der Waals surface area contributed by atoms with E-state index in [4.69, 9.17) is 4.74 Å². The van der Waals surface area contributed by atoms with Gasteiger partial charge in [0.05, 0.1) is 17.1 Å². The minimum absolute atomic E-state index is 0.127. The van der Waals surface area contributed by atoms with Gasteiger partial charge in [0.2, 0.25) is 0 Å². The lowest BCUT2D eigenvalue weighted by atomic mass is 10.1. The predicted molar refractivity (Wildman–Crippen MR) is 90.8 cm³/mol. The van der Waals surface area contributed by atoms with Crippen molar-refractivity contribution in [1.82, 2.24) is 20.1 Å². The molecule has 2 rings (SSSR count). The Labute approximate surface area is 141 Å². The van der Waals surface area contributed by atoms with Crippen molar-refractivity contribution in [3.63, 3.8) is 0 Å². The standard InChI is InChI=1S/C17H24N4O3/c1-10(2)7-18-15(22)9-24-17(23)13-6-12(5)20-16-14(13)8-19-21(16)11(3)4/h6,8,10-11H,7,9H2,1-5H3,(H,18,22). The van der Waals surface area contributed by atoms with Crippen LogP contribution in [0.4, 0.5) is 0 Å². The van der Waals surface area contributed by atoms with E-state index in [1.807, 2.05) is 34.6 Å². The monoisotopic (exact) mass is 332 g/mol. The molecule has 0 aromatic carbocycles. The lowest BCUT2D eigenvalue weighted by molar-refractivity contribution is -0.124. The van der Waals surface area contributed by atoms with E-state index in [9.17, 15) is 9.59 Å². The minimum Gasteiger partial charge on any atom is -0.452 e. The molecular formula is C17H24N4O3. The Balaban J connectivity index is 2.16.